The molecule has 1 aromatic carbocycles. The maximum absolute atomic E-state index is 12.6. The Labute approximate surface area is 160 Å². The minimum atomic E-state index is -3.83. The highest BCUT2D eigenvalue weighted by molar-refractivity contribution is 7.89. The van der Waals surface area contributed by atoms with Crippen LogP contribution < -0.4 is 5.32 Å². The Kier molecular flexibility index (Phi) is 7.34. The molecule has 1 aliphatic heterocycles. The molecule has 8 nitrogen and oxygen atoms in total. The van der Waals surface area contributed by atoms with Crippen molar-refractivity contribution in [3.8, 4) is 0 Å². The van der Waals surface area contributed by atoms with Crippen LogP contribution >= 0.6 is 0 Å². The van der Waals surface area contributed by atoms with E-state index in [4.69, 9.17) is 4.74 Å². The highest BCUT2D eigenvalue weighted by Crippen LogP contribution is 2.18. The summed E-state index contributed by atoms with van der Waals surface area (Å²) in [7, 11) is -2.48. The molecule has 0 radical (unpaired) electrons. The van der Waals surface area contributed by atoms with Crippen molar-refractivity contribution in [2.24, 2.45) is 0 Å². The van der Waals surface area contributed by atoms with Crippen molar-refractivity contribution in [1.29, 1.82) is 0 Å². The average molecular weight is 397 g/mol. The predicted octanol–water partition coefficient (Wildman–Crippen LogP) is 1.29. The number of likely N-dealkylation sites (tertiary alicyclic amines) is 1. The number of hydrogen-bond acceptors (Lipinski definition) is 6. The number of carbonyl (C=O) groups excluding carboxylic acids is 2. The summed E-state index contributed by atoms with van der Waals surface area (Å²) in [5.74, 6) is -0.797. The molecule has 1 aromatic rings. The molecule has 0 spiro atoms. The van der Waals surface area contributed by atoms with Gasteiger partial charge >= 0.3 is 5.97 Å². The van der Waals surface area contributed by atoms with E-state index < -0.39 is 16.0 Å². The van der Waals surface area contributed by atoms with Crippen molar-refractivity contribution in [2.75, 3.05) is 38.5 Å². The van der Waals surface area contributed by atoms with Crippen molar-refractivity contribution in [3.05, 3.63) is 24.3 Å². The summed E-state index contributed by atoms with van der Waals surface area (Å²) in [6.07, 6.45) is 1.56. The molecule has 1 N–H and O–H groups in total. The van der Waals surface area contributed by atoms with Crippen LogP contribution in [0.4, 0.5) is 5.69 Å². The summed E-state index contributed by atoms with van der Waals surface area (Å²) in [5, 5.41) is 2.57. The number of rotatable bonds is 7. The van der Waals surface area contributed by atoms with E-state index in [0.717, 1.165) is 30.2 Å². The lowest BCUT2D eigenvalue weighted by Gasteiger charge is -2.31. The Balaban J connectivity index is 1.95. The Morgan fingerprint density at radius 3 is 2.56 bits per heavy atom. The number of ether oxygens (including phenoxy) is 1. The van der Waals surface area contributed by atoms with Crippen LogP contribution in [-0.4, -0.2) is 68.8 Å². The van der Waals surface area contributed by atoms with E-state index >= 15 is 0 Å². The van der Waals surface area contributed by atoms with Gasteiger partial charge in [0.25, 0.3) is 0 Å². The maximum Gasteiger partial charge on any atom is 0.321 e. The summed E-state index contributed by atoms with van der Waals surface area (Å²) in [4.78, 5) is 25.5. The van der Waals surface area contributed by atoms with Gasteiger partial charge < -0.3 is 10.1 Å². The maximum atomic E-state index is 12.6. The third-order valence-corrected chi connectivity index (χ3v) is 6.26. The van der Waals surface area contributed by atoms with E-state index in [-0.39, 0.29) is 23.5 Å². The Morgan fingerprint density at radius 2 is 1.96 bits per heavy atom. The molecule has 1 amide bonds. The number of esters is 1. The zero-order valence-corrected chi connectivity index (χ0v) is 16.8. The van der Waals surface area contributed by atoms with E-state index in [1.54, 1.807) is 0 Å². The van der Waals surface area contributed by atoms with Gasteiger partial charge in [-0.3, -0.25) is 14.5 Å². The van der Waals surface area contributed by atoms with Gasteiger partial charge in [0.1, 0.15) is 12.6 Å². The lowest BCUT2D eigenvalue weighted by molar-refractivity contribution is -0.151. The molecule has 1 atom stereocenters. The van der Waals surface area contributed by atoms with Crippen LogP contribution in [0.5, 0.6) is 0 Å². The number of nitrogens with one attached hydrogen (secondary N) is 1. The molecule has 1 heterocycles. The van der Waals surface area contributed by atoms with Crippen LogP contribution in [0.25, 0.3) is 0 Å². The third-order valence-electron chi connectivity index (χ3n) is 4.44. The number of anilines is 1. The van der Waals surface area contributed by atoms with E-state index in [1.165, 1.54) is 38.2 Å². The van der Waals surface area contributed by atoms with Gasteiger partial charge in [-0.05, 0) is 50.2 Å². The molecule has 9 heteroatoms. The second kappa shape index (κ2) is 9.29. The number of amides is 1. The van der Waals surface area contributed by atoms with Crippen LogP contribution in [0, 0.1) is 0 Å². The monoisotopic (exact) mass is 397 g/mol. The number of benzene rings is 1. The normalized spacial score (nSPS) is 18.3. The first-order chi connectivity index (χ1) is 12.7. The predicted molar refractivity (Wildman–Crippen MR) is 102 cm³/mol. The van der Waals surface area contributed by atoms with Gasteiger partial charge in [-0.1, -0.05) is 6.92 Å². The molecule has 1 aliphatic rings. The largest absolute Gasteiger partial charge is 0.460 e. The summed E-state index contributed by atoms with van der Waals surface area (Å²) in [6, 6.07) is 5.79. The fourth-order valence-corrected chi connectivity index (χ4v) is 4.10. The summed E-state index contributed by atoms with van der Waals surface area (Å²) < 4.78 is 31.7. The van der Waals surface area contributed by atoms with Crippen LogP contribution in [-0.2, 0) is 24.3 Å². The van der Waals surface area contributed by atoms with Crippen LogP contribution in [0.1, 0.15) is 26.7 Å². The third kappa shape index (κ3) is 6.02. The Bertz CT molecular complexity index is 764. The number of piperidine rings is 1. The summed E-state index contributed by atoms with van der Waals surface area (Å²) in [6.45, 7) is 5.66. The van der Waals surface area contributed by atoms with Crippen molar-refractivity contribution >= 4 is 27.6 Å². The van der Waals surface area contributed by atoms with E-state index in [2.05, 4.69) is 17.1 Å². The zero-order chi connectivity index (χ0) is 20.0. The van der Waals surface area contributed by atoms with Crippen molar-refractivity contribution in [3.63, 3.8) is 0 Å². The average Bonchev–Trinajstić information content (AvgIpc) is 2.61. The first-order valence-corrected chi connectivity index (χ1v) is 10.4. The molecular formula is C18H27N3O5S. The van der Waals surface area contributed by atoms with Crippen LogP contribution in [0.2, 0.25) is 0 Å². The van der Waals surface area contributed by atoms with Gasteiger partial charge in [-0.2, -0.15) is 4.31 Å². The topological polar surface area (TPSA) is 96.0 Å². The summed E-state index contributed by atoms with van der Waals surface area (Å²) in [5.41, 5.74) is 0.501. The van der Waals surface area contributed by atoms with E-state index in [1.807, 2.05) is 0 Å². The fourth-order valence-electron chi connectivity index (χ4n) is 2.98. The molecular weight excluding hydrogens is 370 g/mol. The van der Waals surface area contributed by atoms with Gasteiger partial charge in [0.15, 0.2) is 0 Å². The minimum Gasteiger partial charge on any atom is -0.460 e. The molecule has 2 rings (SSSR count). The van der Waals surface area contributed by atoms with Gasteiger partial charge in [0.2, 0.25) is 15.9 Å². The standard InChI is InChI=1S/C18H27N3O5S/c1-4-21-11-5-6-16(12-21)26-18(23)13-20(3)27(24,25)17-9-7-15(8-10-17)19-14(2)22/h7-10,16H,4-6,11-13H2,1-3H3,(H,19,22). The van der Waals surface area contributed by atoms with Crippen molar-refractivity contribution < 1.29 is 22.7 Å². The molecule has 0 saturated carbocycles. The van der Waals surface area contributed by atoms with E-state index in [0.29, 0.717) is 12.2 Å². The first-order valence-electron chi connectivity index (χ1n) is 8.98. The van der Waals surface area contributed by atoms with Gasteiger partial charge in [-0.15, -0.1) is 0 Å². The number of nitrogens with zero attached hydrogens (tertiary/aromatic N) is 2. The van der Waals surface area contributed by atoms with E-state index in [9.17, 15) is 18.0 Å². The number of likely N-dealkylation sites (N-methyl/N-ethyl adjacent to an activating group) is 2. The minimum absolute atomic E-state index is 0.0433. The molecule has 27 heavy (non-hydrogen) atoms. The zero-order valence-electron chi connectivity index (χ0n) is 16.0. The number of sulfonamides is 1. The Hall–Kier alpha value is -1.97. The highest BCUT2D eigenvalue weighted by Gasteiger charge is 2.26. The van der Waals surface area contributed by atoms with Gasteiger partial charge in [-0.25, -0.2) is 8.42 Å². The van der Waals surface area contributed by atoms with Gasteiger partial charge in [0, 0.05) is 26.2 Å². The Morgan fingerprint density at radius 1 is 1.30 bits per heavy atom. The lowest BCUT2D eigenvalue weighted by atomic mass is 10.1. The fraction of sp³-hybridized carbons (Fsp3) is 0.556. The molecule has 0 aromatic heterocycles. The molecule has 1 saturated heterocycles. The quantitative estimate of drug-likeness (QED) is 0.697. The lowest BCUT2D eigenvalue weighted by Crippen LogP contribution is -2.42. The van der Waals surface area contributed by atoms with Gasteiger partial charge in [0.05, 0.1) is 4.90 Å². The molecule has 150 valence electrons. The second-order valence-electron chi connectivity index (χ2n) is 6.61. The van der Waals surface area contributed by atoms with Crippen molar-refractivity contribution in [2.45, 2.75) is 37.7 Å². The smallest absolute Gasteiger partial charge is 0.321 e. The first kappa shape index (κ1) is 21.3. The number of carbonyl (C=O) groups is 2. The molecule has 1 fully saturated rings. The molecule has 0 aliphatic carbocycles. The van der Waals surface area contributed by atoms with Crippen LogP contribution in [0.15, 0.2) is 29.2 Å². The summed E-state index contributed by atoms with van der Waals surface area (Å²) >= 11 is 0. The van der Waals surface area contributed by atoms with Crippen molar-refractivity contribution in [1.82, 2.24) is 9.21 Å². The number of hydrogen-bond donors (Lipinski definition) is 1. The molecule has 1 unspecified atom stereocenters. The highest BCUT2D eigenvalue weighted by atomic mass is 32.2. The SMILES string of the molecule is CCN1CCCC(OC(=O)CN(C)S(=O)(=O)c2ccc(NC(C)=O)cc2)C1. The second-order valence-corrected chi connectivity index (χ2v) is 8.66. The van der Waals surface area contributed by atoms with Crippen LogP contribution in [0.3, 0.4) is 0 Å². The molecule has 0 bridgehead atoms.